The minimum absolute atomic E-state index is 0.255. The fourth-order valence-electron chi connectivity index (χ4n) is 3.65. The van der Waals surface area contributed by atoms with E-state index in [4.69, 9.17) is 0 Å². The van der Waals surface area contributed by atoms with E-state index in [0.717, 1.165) is 32.9 Å². The largest absolute Gasteiger partial charge is 0.353 e. The molecule has 0 radical (unpaired) electrons. The molecular formula is C25H18FN3O. The Hall–Kier alpha value is -3.99. The second-order valence-electron chi connectivity index (χ2n) is 7.12. The third-order valence-corrected chi connectivity index (χ3v) is 5.14. The standard InChI is InChI=1S/C25H18FN3O/c26-18-12-10-17(11-13-18)23-24-20(19-8-4-5-9-21(19)28-24)14-22(29-23)25(30)27-15-16-6-2-1-3-7-16/h1-14,28H,15H2,(H,27,30). The van der Waals surface area contributed by atoms with Gasteiger partial charge in [0, 0.05) is 28.4 Å². The first-order chi connectivity index (χ1) is 14.7. The van der Waals surface area contributed by atoms with Gasteiger partial charge >= 0.3 is 0 Å². The third kappa shape index (κ3) is 3.31. The van der Waals surface area contributed by atoms with Crippen molar-refractivity contribution >= 4 is 27.7 Å². The molecule has 5 aromatic rings. The van der Waals surface area contributed by atoms with E-state index in [-0.39, 0.29) is 11.7 Å². The van der Waals surface area contributed by atoms with Crippen LogP contribution in [0.5, 0.6) is 0 Å². The lowest BCUT2D eigenvalue weighted by molar-refractivity contribution is 0.0946. The van der Waals surface area contributed by atoms with Crippen molar-refractivity contribution < 1.29 is 9.18 Å². The van der Waals surface area contributed by atoms with Crippen molar-refractivity contribution in [2.75, 3.05) is 0 Å². The number of rotatable bonds is 4. The van der Waals surface area contributed by atoms with Crippen LogP contribution in [-0.4, -0.2) is 15.9 Å². The average molecular weight is 395 g/mol. The molecule has 0 bridgehead atoms. The van der Waals surface area contributed by atoms with Gasteiger partial charge in [0.15, 0.2) is 0 Å². The lowest BCUT2D eigenvalue weighted by Crippen LogP contribution is -2.24. The Morgan fingerprint density at radius 2 is 1.63 bits per heavy atom. The minimum Gasteiger partial charge on any atom is -0.353 e. The quantitative estimate of drug-likeness (QED) is 0.425. The first-order valence-electron chi connectivity index (χ1n) is 9.68. The van der Waals surface area contributed by atoms with Gasteiger partial charge in [0.25, 0.3) is 5.91 Å². The average Bonchev–Trinajstić information content (AvgIpc) is 3.17. The van der Waals surface area contributed by atoms with Crippen LogP contribution in [0.25, 0.3) is 33.1 Å². The number of para-hydroxylation sites is 1. The zero-order chi connectivity index (χ0) is 20.5. The number of halogens is 1. The number of hydrogen-bond donors (Lipinski definition) is 2. The number of aromatic amines is 1. The lowest BCUT2D eigenvalue weighted by Gasteiger charge is -2.09. The van der Waals surface area contributed by atoms with Gasteiger partial charge in [-0.05, 0) is 42.0 Å². The number of nitrogens with one attached hydrogen (secondary N) is 2. The number of benzene rings is 3. The van der Waals surface area contributed by atoms with Crippen molar-refractivity contribution in [3.05, 3.63) is 102 Å². The van der Waals surface area contributed by atoms with Crippen LogP contribution >= 0.6 is 0 Å². The first kappa shape index (κ1) is 18.1. The highest BCUT2D eigenvalue weighted by Crippen LogP contribution is 2.32. The summed E-state index contributed by atoms with van der Waals surface area (Å²) in [7, 11) is 0. The zero-order valence-corrected chi connectivity index (χ0v) is 16.0. The molecule has 5 heteroatoms. The molecule has 0 unspecified atom stereocenters. The molecule has 0 spiro atoms. The van der Waals surface area contributed by atoms with Crippen LogP contribution in [0.4, 0.5) is 4.39 Å². The number of nitrogens with zero attached hydrogens (tertiary/aromatic N) is 1. The second-order valence-corrected chi connectivity index (χ2v) is 7.12. The van der Waals surface area contributed by atoms with Gasteiger partial charge in [-0.2, -0.15) is 0 Å². The van der Waals surface area contributed by atoms with Crippen molar-refractivity contribution in [3.8, 4) is 11.3 Å². The molecule has 2 heterocycles. The van der Waals surface area contributed by atoms with E-state index in [0.29, 0.717) is 17.9 Å². The Labute approximate surface area is 172 Å². The van der Waals surface area contributed by atoms with Crippen LogP contribution < -0.4 is 5.32 Å². The highest BCUT2D eigenvalue weighted by molar-refractivity contribution is 6.13. The number of H-pyrrole nitrogens is 1. The predicted molar refractivity (Wildman–Crippen MR) is 117 cm³/mol. The molecule has 0 fully saturated rings. The Bertz CT molecular complexity index is 1360. The van der Waals surface area contributed by atoms with Gasteiger partial charge < -0.3 is 10.3 Å². The SMILES string of the molecule is O=C(NCc1ccccc1)c1cc2c([nH]c3ccccc32)c(-c2ccc(F)cc2)n1. The van der Waals surface area contributed by atoms with Crippen LogP contribution in [0.1, 0.15) is 16.1 Å². The Morgan fingerprint density at radius 1 is 0.900 bits per heavy atom. The number of carbonyl (C=O) groups excluding carboxylic acids is 1. The monoisotopic (exact) mass is 395 g/mol. The van der Waals surface area contributed by atoms with E-state index in [9.17, 15) is 9.18 Å². The molecule has 2 aromatic heterocycles. The van der Waals surface area contributed by atoms with Crippen molar-refractivity contribution in [1.29, 1.82) is 0 Å². The summed E-state index contributed by atoms with van der Waals surface area (Å²) in [6.45, 7) is 0.416. The second kappa shape index (κ2) is 7.44. The molecular weight excluding hydrogens is 377 g/mol. The van der Waals surface area contributed by atoms with Crippen LogP contribution in [-0.2, 0) is 6.54 Å². The Balaban J connectivity index is 1.62. The number of fused-ring (bicyclic) bond motifs is 3. The maximum atomic E-state index is 13.5. The van der Waals surface area contributed by atoms with Crippen LogP contribution in [0.2, 0.25) is 0 Å². The summed E-state index contributed by atoms with van der Waals surface area (Å²) < 4.78 is 13.5. The number of carbonyl (C=O) groups is 1. The fourth-order valence-corrected chi connectivity index (χ4v) is 3.65. The summed E-state index contributed by atoms with van der Waals surface area (Å²) in [6.07, 6.45) is 0. The van der Waals surface area contributed by atoms with Crippen molar-refractivity contribution in [2.45, 2.75) is 6.54 Å². The molecule has 0 aliphatic rings. The molecule has 2 N–H and O–H groups in total. The van der Waals surface area contributed by atoms with Gasteiger partial charge in [0.1, 0.15) is 11.5 Å². The lowest BCUT2D eigenvalue weighted by atomic mass is 10.1. The fraction of sp³-hybridized carbons (Fsp3) is 0.0400. The molecule has 30 heavy (non-hydrogen) atoms. The van der Waals surface area contributed by atoms with E-state index in [1.165, 1.54) is 12.1 Å². The maximum absolute atomic E-state index is 13.5. The van der Waals surface area contributed by atoms with Gasteiger partial charge in [-0.25, -0.2) is 9.37 Å². The number of hydrogen-bond acceptors (Lipinski definition) is 2. The predicted octanol–water partition coefficient (Wildman–Crippen LogP) is 5.45. The summed E-state index contributed by atoms with van der Waals surface area (Å²) in [6, 6.07) is 25.6. The molecule has 3 aromatic carbocycles. The van der Waals surface area contributed by atoms with E-state index >= 15 is 0 Å². The summed E-state index contributed by atoms with van der Waals surface area (Å²) in [4.78, 5) is 21.0. The molecule has 4 nitrogen and oxygen atoms in total. The summed E-state index contributed by atoms with van der Waals surface area (Å²) in [5.41, 5.74) is 4.47. The maximum Gasteiger partial charge on any atom is 0.270 e. The molecule has 5 rings (SSSR count). The zero-order valence-electron chi connectivity index (χ0n) is 16.0. The number of amides is 1. The number of pyridine rings is 1. The topological polar surface area (TPSA) is 57.8 Å². The van der Waals surface area contributed by atoms with Crippen molar-refractivity contribution in [3.63, 3.8) is 0 Å². The minimum atomic E-state index is -0.316. The van der Waals surface area contributed by atoms with E-state index in [1.54, 1.807) is 12.1 Å². The van der Waals surface area contributed by atoms with Crippen LogP contribution in [0.15, 0.2) is 84.9 Å². The molecule has 0 aliphatic heterocycles. The van der Waals surface area contributed by atoms with E-state index < -0.39 is 0 Å². The highest BCUT2D eigenvalue weighted by Gasteiger charge is 2.17. The molecule has 0 atom stereocenters. The van der Waals surface area contributed by atoms with Gasteiger partial charge in [0.2, 0.25) is 0 Å². The van der Waals surface area contributed by atoms with Gasteiger partial charge in [-0.15, -0.1) is 0 Å². The van der Waals surface area contributed by atoms with Crippen LogP contribution in [0, 0.1) is 5.82 Å². The van der Waals surface area contributed by atoms with Gasteiger partial charge in [-0.3, -0.25) is 4.79 Å². The third-order valence-electron chi connectivity index (χ3n) is 5.14. The van der Waals surface area contributed by atoms with Crippen LogP contribution in [0.3, 0.4) is 0 Å². The highest BCUT2D eigenvalue weighted by atomic mass is 19.1. The van der Waals surface area contributed by atoms with Crippen molar-refractivity contribution in [1.82, 2.24) is 15.3 Å². The summed E-state index contributed by atoms with van der Waals surface area (Å²) in [5, 5.41) is 4.85. The normalized spacial score (nSPS) is 11.1. The van der Waals surface area contributed by atoms with E-state index in [2.05, 4.69) is 15.3 Å². The molecule has 1 amide bonds. The molecule has 0 aliphatic carbocycles. The summed E-state index contributed by atoms with van der Waals surface area (Å²) in [5.74, 6) is -0.571. The number of aromatic nitrogens is 2. The molecule has 0 saturated carbocycles. The smallest absolute Gasteiger partial charge is 0.270 e. The van der Waals surface area contributed by atoms with Crippen molar-refractivity contribution in [2.24, 2.45) is 0 Å². The van der Waals surface area contributed by atoms with Gasteiger partial charge in [0.05, 0.1) is 11.2 Å². The van der Waals surface area contributed by atoms with E-state index in [1.807, 2.05) is 60.7 Å². The molecule has 0 saturated heterocycles. The Morgan fingerprint density at radius 3 is 2.43 bits per heavy atom. The van der Waals surface area contributed by atoms with Gasteiger partial charge in [-0.1, -0.05) is 48.5 Å². The molecule has 146 valence electrons. The summed E-state index contributed by atoms with van der Waals surface area (Å²) >= 11 is 0. The Kier molecular flexibility index (Phi) is 4.48. The first-order valence-corrected chi connectivity index (χ1v) is 9.68.